The number of carbonyl (C=O) groups excluding carboxylic acids is 2. The molecule has 3 rings (SSSR count). The molecule has 0 spiro atoms. The number of carbonyl (C=O) groups is 2. The van der Waals surface area contributed by atoms with Gasteiger partial charge in [0, 0.05) is 37.4 Å². The maximum atomic E-state index is 12.6. The smallest absolute Gasteiger partial charge is 0.251 e. The molecule has 1 atom stereocenters. The first-order valence-corrected chi connectivity index (χ1v) is 12.4. The molecule has 11 heteroatoms. The fraction of sp³-hybridized carbons (Fsp3) is 0.364. The van der Waals surface area contributed by atoms with Gasteiger partial charge in [-0.25, -0.2) is 13.1 Å². The van der Waals surface area contributed by atoms with Crippen molar-refractivity contribution in [2.75, 3.05) is 26.2 Å². The Labute approximate surface area is 197 Å². The molecule has 2 amide bonds. The van der Waals surface area contributed by atoms with Gasteiger partial charge in [-0.1, -0.05) is 17.7 Å². The van der Waals surface area contributed by atoms with Crippen LogP contribution in [0.15, 0.2) is 47.4 Å². The Kier molecular flexibility index (Phi) is 8.67. The second-order valence-electron chi connectivity index (χ2n) is 7.55. The summed E-state index contributed by atoms with van der Waals surface area (Å²) in [5.41, 5.74) is 0.489. The standard InChI is InChI=1S/C22H26ClN3O6S/c23-19-8-7-16(13-20(19)33(30,31)26-14-18-6-2-11-32-18)22(29)25-10-3-9-24-21(28)15-4-1-5-17(27)12-15/h1,4-5,7-8,12-13,18,26-27H,2-3,6,9-11,14H2,(H,24,28)(H,25,29). The van der Waals surface area contributed by atoms with Crippen molar-refractivity contribution in [3.05, 3.63) is 58.6 Å². The van der Waals surface area contributed by atoms with Crippen molar-refractivity contribution in [1.82, 2.24) is 15.4 Å². The van der Waals surface area contributed by atoms with Crippen LogP contribution in [0.3, 0.4) is 0 Å². The first-order chi connectivity index (χ1) is 15.8. The largest absolute Gasteiger partial charge is 0.508 e. The number of rotatable bonds is 10. The van der Waals surface area contributed by atoms with E-state index < -0.39 is 15.9 Å². The summed E-state index contributed by atoms with van der Waals surface area (Å²) in [5, 5.41) is 14.8. The van der Waals surface area contributed by atoms with E-state index in [-0.39, 0.29) is 46.3 Å². The third-order valence-corrected chi connectivity index (χ3v) is 6.95. The summed E-state index contributed by atoms with van der Waals surface area (Å²) in [6.07, 6.45) is 1.96. The number of halogens is 1. The van der Waals surface area contributed by atoms with Crippen LogP contribution in [0, 0.1) is 0 Å². The van der Waals surface area contributed by atoms with E-state index in [1.807, 2.05) is 0 Å². The zero-order chi connectivity index (χ0) is 23.8. The van der Waals surface area contributed by atoms with E-state index >= 15 is 0 Å². The molecule has 9 nitrogen and oxygen atoms in total. The minimum atomic E-state index is -3.91. The third kappa shape index (κ3) is 7.16. The van der Waals surface area contributed by atoms with Gasteiger partial charge in [-0.2, -0.15) is 0 Å². The van der Waals surface area contributed by atoms with E-state index in [9.17, 15) is 23.1 Å². The summed E-state index contributed by atoms with van der Waals surface area (Å²) >= 11 is 6.08. The molecular weight excluding hydrogens is 470 g/mol. The monoisotopic (exact) mass is 495 g/mol. The number of ether oxygens (including phenoxy) is 1. The lowest BCUT2D eigenvalue weighted by Gasteiger charge is -2.13. The molecule has 0 aliphatic carbocycles. The lowest BCUT2D eigenvalue weighted by atomic mass is 10.2. The predicted octanol–water partition coefficient (Wildman–Crippen LogP) is 2.05. The Morgan fingerprint density at radius 3 is 2.39 bits per heavy atom. The lowest BCUT2D eigenvalue weighted by Crippen LogP contribution is -2.32. The van der Waals surface area contributed by atoms with Crippen LogP contribution in [0.4, 0.5) is 0 Å². The minimum Gasteiger partial charge on any atom is -0.508 e. The van der Waals surface area contributed by atoms with Crippen molar-refractivity contribution < 1.29 is 27.9 Å². The third-order valence-electron chi connectivity index (χ3n) is 5.04. The van der Waals surface area contributed by atoms with Gasteiger partial charge in [0.05, 0.1) is 11.1 Å². The molecule has 0 saturated carbocycles. The molecule has 1 saturated heterocycles. The number of nitrogens with one attached hydrogen (secondary N) is 3. The summed E-state index contributed by atoms with van der Waals surface area (Å²) in [5.74, 6) is -0.789. The van der Waals surface area contributed by atoms with Crippen LogP contribution in [0.5, 0.6) is 5.75 Å². The molecule has 0 radical (unpaired) electrons. The maximum absolute atomic E-state index is 12.6. The van der Waals surface area contributed by atoms with Gasteiger partial charge in [0.15, 0.2) is 0 Å². The van der Waals surface area contributed by atoms with Crippen molar-refractivity contribution in [2.24, 2.45) is 0 Å². The van der Waals surface area contributed by atoms with Crippen LogP contribution in [0.25, 0.3) is 0 Å². The number of aromatic hydroxyl groups is 1. The lowest BCUT2D eigenvalue weighted by molar-refractivity contribution is 0.0951. The average molecular weight is 496 g/mol. The molecule has 0 bridgehead atoms. The topological polar surface area (TPSA) is 134 Å². The van der Waals surface area contributed by atoms with E-state index in [4.69, 9.17) is 16.3 Å². The fourth-order valence-electron chi connectivity index (χ4n) is 3.28. The van der Waals surface area contributed by atoms with Crippen molar-refractivity contribution in [2.45, 2.75) is 30.3 Å². The summed E-state index contributed by atoms with van der Waals surface area (Å²) in [4.78, 5) is 24.3. The fourth-order valence-corrected chi connectivity index (χ4v) is 4.87. The molecule has 1 aliphatic rings. The van der Waals surface area contributed by atoms with Crippen LogP contribution in [0.1, 0.15) is 40.0 Å². The molecule has 1 unspecified atom stereocenters. The highest BCUT2D eigenvalue weighted by Crippen LogP contribution is 2.23. The second-order valence-corrected chi connectivity index (χ2v) is 9.69. The number of sulfonamides is 1. The van der Waals surface area contributed by atoms with Gasteiger partial charge in [0.1, 0.15) is 10.6 Å². The molecule has 1 aliphatic heterocycles. The Hall–Kier alpha value is -2.66. The molecular formula is C22H26ClN3O6S. The van der Waals surface area contributed by atoms with Crippen molar-refractivity contribution in [1.29, 1.82) is 0 Å². The quantitative estimate of drug-likeness (QED) is 0.373. The molecule has 33 heavy (non-hydrogen) atoms. The van der Waals surface area contributed by atoms with Crippen molar-refractivity contribution in [3.8, 4) is 5.75 Å². The number of hydrogen-bond acceptors (Lipinski definition) is 6. The molecule has 1 heterocycles. The highest BCUT2D eigenvalue weighted by atomic mass is 35.5. The van der Waals surface area contributed by atoms with E-state index in [1.54, 1.807) is 12.1 Å². The Balaban J connectivity index is 1.49. The van der Waals surface area contributed by atoms with Gasteiger partial charge in [-0.3, -0.25) is 9.59 Å². The van der Waals surface area contributed by atoms with Crippen molar-refractivity contribution in [3.63, 3.8) is 0 Å². The Morgan fingerprint density at radius 2 is 1.76 bits per heavy atom. The molecule has 178 valence electrons. The molecule has 1 fully saturated rings. The van der Waals surface area contributed by atoms with Gasteiger partial charge in [-0.05, 0) is 55.7 Å². The minimum absolute atomic E-state index is 0.00123. The summed E-state index contributed by atoms with van der Waals surface area (Å²) < 4.78 is 33.2. The molecule has 2 aromatic carbocycles. The SMILES string of the molecule is O=C(NCCCNC(=O)c1ccc(Cl)c(S(=O)(=O)NCC2CCCO2)c1)c1cccc(O)c1. The summed E-state index contributed by atoms with van der Waals surface area (Å²) in [7, 11) is -3.91. The molecule has 4 N–H and O–H groups in total. The van der Waals surface area contributed by atoms with Crippen molar-refractivity contribution >= 4 is 33.4 Å². The zero-order valence-corrected chi connectivity index (χ0v) is 19.4. The zero-order valence-electron chi connectivity index (χ0n) is 17.8. The average Bonchev–Trinajstić information content (AvgIpc) is 3.31. The maximum Gasteiger partial charge on any atom is 0.251 e. The van der Waals surface area contributed by atoms with Crippen LogP contribution in [-0.2, 0) is 14.8 Å². The Morgan fingerprint density at radius 1 is 1.06 bits per heavy atom. The van der Waals surface area contributed by atoms with Gasteiger partial charge in [0.25, 0.3) is 11.8 Å². The Bertz CT molecular complexity index is 1100. The van der Waals surface area contributed by atoms with Crippen LogP contribution in [0.2, 0.25) is 5.02 Å². The molecule has 2 aromatic rings. The van der Waals surface area contributed by atoms with E-state index in [2.05, 4.69) is 15.4 Å². The first kappa shape index (κ1) is 25.0. The first-order valence-electron chi connectivity index (χ1n) is 10.5. The molecule has 0 aromatic heterocycles. The van der Waals surface area contributed by atoms with Gasteiger partial charge < -0.3 is 20.5 Å². The predicted molar refractivity (Wildman–Crippen MR) is 123 cm³/mol. The van der Waals surface area contributed by atoms with Gasteiger partial charge >= 0.3 is 0 Å². The summed E-state index contributed by atoms with van der Waals surface area (Å²) in [6, 6.07) is 10.0. The van der Waals surface area contributed by atoms with Gasteiger partial charge in [0.2, 0.25) is 10.0 Å². The van der Waals surface area contributed by atoms with E-state index in [1.165, 1.54) is 30.3 Å². The number of phenolic OH excluding ortho intramolecular Hbond substituents is 1. The van der Waals surface area contributed by atoms with E-state index in [0.717, 1.165) is 12.8 Å². The number of amides is 2. The summed E-state index contributed by atoms with van der Waals surface area (Å²) in [6.45, 7) is 1.33. The second kappa shape index (κ2) is 11.5. The number of hydrogen-bond donors (Lipinski definition) is 4. The normalized spacial score (nSPS) is 15.8. The highest BCUT2D eigenvalue weighted by Gasteiger charge is 2.23. The number of benzene rings is 2. The van der Waals surface area contributed by atoms with E-state index in [0.29, 0.717) is 25.1 Å². The number of phenols is 1. The van der Waals surface area contributed by atoms with Crippen LogP contribution in [-0.4, -0.2) is 57.7 Å². The van der Waals surface area contributed by atoms with Crippen LogP contribution < -0.4 is 15.4 Å². The highest BCUT2D eigenvalue weighted by molar-refractivity contribution is 7.89. The van der Waals surface area contributed by atoms with Gasteiger partial charge in [-0.15, -0.1) is 0 Å². The van der Waals surface area contributed by atoms with Crippen LogP contribution >= 0.6 is 11.6 Å².